The Morgan fingerprint density at radius 1 is 1.03 bits per heavy atom. The molecule has 4 rings (SSSR count). The zero-order chi connectivity index (χ0) is 25.2. The fraction of sp³-hybridized carbons (Fsp3) is 0.464. The molecule has 0 radical (unpaired) electrons. The van der Waals surface area contributed by atoms with Crippen LogP contribution in [0.4, 0.5) is 4.79 Å². The fourth-order valence-electron chi connectivity index (χ4n) is 4.74. The summed E-state index contributed by atoms with van der Waals surface area (Å²) >= 11 is 0. The standard InChI is InChI=1S/C28H34N2O5/c1-28(2,3)15-14-24(26(33)30(16-25(31)32)18-12-13-18)29-27(34)35-17-23-21-10-6-4-8-19(21)20-9-5-7-11-22(20)23/h4-11,18,23-24H,12-17H2,1-3H3,(H,29,34)(H,31,32). The summed E-state index contributed by atoms with van der Waals surface area (Å²) in [5.74, 6) is -1.49. The minimum absolute atomic E-state index is 0.0431. The molecular weight excluding hydrogens is 444 g/mol. The van der Waals surface area contributed by atoms with Gasteiger partial charge in [-0.1, -0.05) is 69.3 Å². The van der Waals surface area contributed by atoms with Gasteiger partial charge in [-0.05, 0) is 53.4 Å². The van der Waals surface area contributed by atoms with E-state index in [4.69, 9.17) is 4.74 Å². The molecule has 186 valence electrons. The summed E-state index contributed by atoms with van der Waals surface area (Å²) in [6.07, 6.45) is 2.02. The first-order chi connectivity index (χ1) is 16.6. The molecule has 35 heavy (non-hydrogen) atoms. The number of hydrogen-bond donors (Lipinski definition) is 2. The van der Waals surface area contributed by atoms with Gasteiger partial charge in [-0.25, -0.2) is 4.79 Å². The van der Waals surface area contributed by atoms with Gasteiger partial charge in [0.1, 0.15) is 19.2 Å². The van der Waals surface area contributed by atoms with Crippen LogP contribution in [0, 0.1) is 5.41 Å². The maximum Gasteiger partial charge on any atom is 0.407 e. The summed E-state index contributed by atoms with van der Waals surface area (Å²) in [6, 6.07) is 15.3. The molecule has 1 saturated carbocycles. The monoisotopic (exact) mass is 478 g/mol. The van der Waals surface area contributed by atoms with Gasteiger partial charge in [0, 0.05) is 12.0 Å². The Hall–Kier alpha value is -3.35. The fourth-order valence-corrected chi connectivity index (χ4v) is 4.74. The van der Waals surface area contributed by atoms with Crippen molar-refractivity contribution in [3.8, 4) is 11.1 Å². The van der Waals surface area contributed by atoms with E-state index in [9.17, 15) is 19.5 Å². The summed E-state index contributed by atoms with van der Waals surface area (Å²) in [4.78, 5) is 38.9. The third-order valence-electron chi connectivity index (χ3n) is 6.69. The molecule has 2 amide bonds. The highest BCUT2D eigenvalue weighted by Gasteiger charge is 2.38. The lowest BCUT2D eigenvalue weighted by Crippen LogP contribution is -2.51. The van der Waals surface area contributed by atoms with Crippen molar-refractivity contribution in [3.05, 3.63) is 59.7 Å². The normalized spacial score (nSPS) is 15.6. The molecule has 2 aromatic rings. The number of nitrogens with zero attached hydrogens (tertiary/aromatic N) is 1. The number of rotatable bonds is 9. The number of carbonyl (C=O) groups excluding carboxylic acids is 2. The van der Waals surface area contributed by atoms with Crippen LogP contribution in [0.2, 0.25) is 0 Å². The lowest BCUT2D eigenvalue weighted by atomic mass is 9.88. The second kappa shape index (κ2) is 10.1. The second-order valence-electron chi connectivity index (χ2n) is 10.7. The first-order valence-corrected chi connectivity index (χ1v) is 12.3. The number of carbonyl (C=O) groups is 3. The largest absolute Gasteiger partial charge is 0.480 e. The summed E-state index contributed by atoms with van der Waals surface area (Å²) in [7, 11) is 0. The van der Waals surface area contributed by atoms with E-state index in [1.54, 1.807) is 0 Å². The van der Waals surface area contributed by atoms with Crippen molar-refractivity contribution >= 4 is 18.0 Å². The molecule has 7 nitrogen and oxygen atoms in total. The number of alkyl carbamates (subject to hydrolysis) is 1. The molecule has 0 heterocycles. The Balaban J connectivity index is 1.45. The second-order valence-corrected chi connectivity index (χ2v) is 10.7. The van der Waals surface area contributed by atoms with Gasteiger partial charge >= 0.3 is 12.1 Å². The predicted molar refractivity (Wildman–Crippen MR) is 133 cm³/mol. The van der Waals surface area contributed by atoms with Crippen molar-refractivity contribution in [2.75, 3.05) is 13.2 Å². The number of benzene rings is 2. The molecule has 0 saturated heterocycles. The van der Waals surface area contributed by atoms with Crippen LogP contribution in [-0.2, 0) is 14.3 Å². The Kier molecular flexibility index (Phi) is 7.15. The Morgan fingerprint density at radius 2 is 1.60 bits per heavy atom. The Labute approximate surface area is 206 Å². The van der Waals surface area contributed by atoms with Crippen molar-refractivity contribution in [2.45, 2.75) is 64.5 Å². The summed E-state index contributed by atoms with van der Waals surface area (Å²) in [6.45, 7) is 6.00. The highest BCUT2D eigenvalue weighted by molar-refractivity contribution is 5.88. The predicted octanol–water partition coefficient (Wildman–Crippen LogP) is 4.80. The zero-order valence-electron chi connectivity index (χ0n) is 20.6. The molecular formula is C28H34N2O5. The number of fused-ring (bicyclic) bond motifs is 3. The molecule has 1 fully saturated rings. The summed E-state index contributed by atoms with van der Waals surface area (Å²) in [5, 5.41) is 12.0. The minimum Gasteiger partial charge on any atom is -0.480 e. The van der Waals surface area contributed by atoms with Crippen LogP contribution in [-0.4, -0.2) is 53.2 Å². The van der Waals surface area contributed by atoms with Gasteiger partial charge in [-0.3, -0.25) is 9.59 Å². The topological polar surface area (TPSA) is 95.9 Å². The van der Waals surface area contributed by atoms with Crippen LogP contribution < -0.4 is 5.32 Å². The van der Waals surface area contributed by atoms with Gasteiger partial charge in [0.25, 0.3) is 0 Å². The van der Waals surface area contributed by atoms with E-state index in [1.807, 2.05) is 24.3 Å². The molecule has 2 aliphatic rings. The summed E-state index contributed by atoms with van der Waals surface area (Å²) in [5.41, 5.74) is 4.47. The molecule has 2 aliphatic carbocycles. The lowest BCUT2D eigenvalue weighted by Gasteiger charge is -2.28. The number of aliphatic carboxylic acids is 1. The number of hydrogen-bond acceptors (Lipinski definition) is 4. The Morgan fingerprint density at radius 3 is 2.11 bits per heavy atom. The highest BCUT2D eigenvalue weighted by atomic mass is 16.5. The maximum atomic E-state index is 13.3. The first kappa shape index (κ1) is 24.8. The third-order valence-corrected chi connectivity index (χ3v) is 6.69. The Bertz CT molecular complexity index is 1060. The third kappa shape index (κ3) is 6.02. The van der Waals surface area contributed by atoms with E-state index in [0.717, 1.165) is 35.1 Å². The van der Waals surface area contributed by atoms with Crippen molar-refractivity contribution in [1.29, 1.82) is 0 Å². The summed E-state index contributed by atoms with van der Waals surface area (Å²) < 4.78 is 5.65. The smallest absolute Gasteiger partial charge is 0.407 e. The van der Waals surface area contributed by atoms with Crippen LogP contribution in [0.3, 0.4) is 0 Å². The average molecular weight is 479 g/mol. The average Bonchev–Trinajstić information content (AvgIpc) is 3.60. The number of carboxylic acids is 1. The first-order valence-electron chi connectivity index (χ1n) is 12.3. The molecule has 1 atom stereocenters. The van der Waals surface area contributed by atoms with E-state index >= 15 is 0 Å². The molecule has 2 N–H and O–H groups in total. The van der Waals surface area contributed by atoms with Gasteiger partial charge in [-0.2, -0.15) is 0 Å². The minimum atomic E-state index is -1.05. The van der Waals surface area contributed by atoms with E-state index in [-0.39, 0.29) is 36.4 Å². The van der Waals surface area contributed by atoms with Crippen molar-refractivity contribution < 1.29 is 24.2 Å². The SMILES string of the molecule is CC(C)(C)CCC(NC(=O)OCC1c2ccccc2-c2ccccc21)C(=O)N(CC(=O)O)C1CC1. The number of carboxylic acid groups (broad SMARTS) is 1. The molecule has 0 aromatic heterocycles. The van der Waals surface area contributed by atoms with Crippen LogP contribution in [0.5, 0.6) is 0 Å². The number of ether oxygens (including phenoxy) is 1. The van der Waals surface area contributed by atoms with Crippen LogP contribution in [0.1, 0.15) is 63.5 Å². The number of nitrogens with one attached hydrogen (secondary N) is 1. The molecule has 1 unspecified atom stereocenters. The molecule has 0 bridgehead atoms. The highest BCUT2D eigenvalue weighted by Crippen LogP contribution is 2.44. The van der Waals surface area contributed by atoms with Gasteiger partial charge in [0.05, 0.1) is 0 Å². The van der Waals surface area contributed by atoms with Gasteiger partial charge < -0.3 is 20.1 Å². The molecule has 0 spiro atoms. The van der Waals surface area contributed by atoms with Gasteiger partial charge in [0.2, 0.25) is 5.91 Å². The van der Waals surface area contributed by atoms with E-state index in [2.05, 4.69) is 50.4 Å². The van der Waals surface area contributed by atoms with Crippen LogP contribution in [0.25, 0.3) is 11.1 Å². The molecule has 7 heteroatoms. The van der Waals surface area contributed by atoms with Crippen molar-refractivity contribution in [3.63, 3.8) is 0 Å². The van der Waals surface area contributed by atoms with Crippen molar-refractivity contribution in [1.82, 2.24) is 10.2 Å². The van der Waals surface area contributed by atoms with Gasteiger partial charge in [0.15, 0.2) is 0 Å². The molecule has 2 aromatic carbocycles. The quantitative estimate of drug-likeness (QED) is 0.540. The van der Waals surface area contributed by atoms with Crippen molar-refractivity contribution in [2.24, 2.45) is 5.41 Å². The van der Waals surface area contributed by atoms with E-state index in [0.29, 0.717) is 12.8 Å². The lowest BCUT2D eigenvalue weighted by molar-refractivity contribution is -0.145. The zero-order valence-corrected chi connectivity index (χ0v) is 20.6. The van der Waals surface area contributed by atoms with Crippen LogP contribution >= 0.6 is 0 Å². The maximum absolute atomic E-state index is 13.3. The van der Waals surface area contributed by atoms with E-state index < -0.39 is 18.1 Å². The molecule has 0 aliphatic heterocycles. The van der Waals surface area contributed by atoms with Crippen LogP contribution in [0.15, 0.2) is 48.5 Å². The number of amides is 2. The van der Waals surface area contributed by atoms with Gasteiger partial charge in [-0.15, -0.1) is 0 Å². The van der Waals surface area contributed by atoms with E-state index in [1.165, 1.54) is 4.90 Å².